The van der Waals surface area contributed by atoms with Gasteiger partial charge in [-0.2, -0.15) is 10.2 Å². The summed E-state index contributed by atoms with van der Waals surface area (Å²) in [5, 5.41) is 31.4. The zero-order valence-electron chi connectivity index (χ0n) is 62.1. The first kappa shape index (κ1) is 80.4. The molecule has 1 N–H and O–H groups in total. The van der Waals surface area contributed by atoms with Gasteiger partial charge in [-0.1, -0.05) is 216 Å². The van der Waals surface area contributed by atoms with Crippen LogP contribution in [-0.4, -0.2) is 94.4 Å². The number of thiazole rings is 1. The zero-order chi connectivity index (χ0) is 70.3. The molecule has 20 heteroatoms. The number of imidazole rings is 1. The number of aryl methyl sites for hydroxylation is 4. The van der Waals surface area contributed by atoms with Gasteiger partial charge in [0.05, 0.1) is 39.5 Å². The number of rotatable bonds is 0. The van der Waals surface area contributed by atoms with Gasteiger partial charge in [0.25, 0.3) is 0 Å². The molecule has 9 heterocycles. The molecule has 10 rings (SSSR count). The lowest BCUT2D eigenvalue weighted by Crippen LogP contribution is -2.16. The molecule has 0 bridgehead atoms. The van der Waals surface area contributed by atoms with Gasteiger partial charge in [-0.25, -0.2) is 29.9 Å². The molecule has 0 aliphatic rings. The predicted octanol–water partition coefficient (Wildman–Crippen LogP) is 16.3. The Morgan fingerprint density at radius 1 is 0.435 bits per heavy atom. The summed E-state index contributed by atoms with van der Waals surface area (Å²) in [7, 11) is 7.81. The van der Waals surface area contributed by atoms with Crippen LogP contribution < -0.4 is 0 Å². The summed E-state index contributed by atoms with van der Waals surface area (Å²) in [6.07, 6.45) is 23.3. The van der Waals surface area contributed by atoms with Crippen molar-refractivity contribution in [3.05, 3.63) is 179 Å². The molecule has 1 aromatic carbocycles. The first-order chi connectivity index (χ1) is 42.1. The van der Waals surface area contributed by atoms with E-state index in [4.69, 9.17) is 0 Å². The summed E-state index contributed by atoms with van der Waals surface area (Å²) < 4.78 is 7.54. The summed E-state index contributed by atoms with van der Waals surface area (Å²) in [4.78, 5) is 32.9. The number of H-pyrrole nitrogens is 1. The highest BCUT2D eigenvalue weighted by Gasteiger charge is 2.23. The van der Waals surface area contributed by atoms with Crippen LogP contribution in [0.25, 0.3) is 10.9 Å². The standard InChI is InChI=1S/C12H16N2.C8H14N2.3C8H12N2.2C7H13N3.C7H12N2.C7H11NS/c1-12(2,3)11-9-7-5-6-8-10(9)14(4)13-11;1-8(2,3)7-9-5-6-10(7)4;1-8(2,3)7-6-9-4-5-10-7;1-8(2,3)7-4-5-9-6-10-7;1-8(2,3)7-9-5-4-6-10-7;1-7(2,3)6-5-10(4)9-8-6;1-7(2,3)6-5-8-9-10(6)4;1-7(2,3)6-4-5-8-9-6;1-7(2,3)6-8-4-5-9-6/h5-8H,1-4H3;5-6H,1-4H3;3*4-6H,1-3H3;2*5H,1-4H3;4-5H,1-3H3,(H,8,9);4-5H,1-3H3. The van der Waals surface area contributed by atoms with Crippen molar-refractivity contribution in [2.75, 3.05) is 0 Å². The summed E-state index contributed by atoms with van der Waals surface area (Å²) in [6, 6.07) is 14.1. The number of nitrogens with one attached hydrogen (secondary N) is 1. The molecule has 10 aromatic rings. The number of hydrogen-bond donors (Lipinski definition) is 1. The van der Waals surface area contributed by atoms with Gasteiger partial charge in [-0.15, -0.1) is 21.5 Å². The molecule has 0 amide bonds. The van der Waals surface area contributed by atoms with Crippen LogP contribution in [0.4, 0.5) is 0 Å². The quantitative estimate of drug-likeness (QED) is 0.149. The average molecular weight is 1280 g/mol. The van der Waals surface area contributed by atoms with E-state index >= 15 is 0 Å². The molecule has 0 aliphatic carbocycles. The molecule has 0 saturated carbocycles. The molecule has 504 valence electrons. The minimum absolute atomic E-state index is 0.0707. The molecule has 0 saturated heterocycles. The predicted molar refractivity (Wildman–Crippen MR) is 381 cm³/mol. The molecule has 0 atom stereocenters. The van der Waals surface area contributed by atoms with Crippen LogP contribution in [0.1, 0.15) is 238 Å². The topological polar surface area (TPSA) is 216 Å². The SMILES string of the molecule is CC(C)(C)c1ccn[nH]1.CC(C)(C)c1ccncn1.CC(C)(C)c1cnccn1.CC(C)(C)c1ncccn1.CC(C)(C)c1nccs1.Cn1cc(C(C)(C)C)nn1.Cn1ccnc1C(C)(C)C.Cn1nc(C(C)(C)C)c2ccccc21.Cn1nncc1C(C)(C)C. The van der Waals surface area contributed by atoms with Crippen LogP contribution in [-0.2, 0) is 76.9 Å². The highest BCUT2D eigenvalue weighted by molar-refractivity contribution is 7.09. The fraction of sp³-hybridized carbons (Fsp3) is 0.556. The normalized spacial score (nSPS) is 11.9. The smallest absolute Gasteiger partial charge is 0.133 e. The fourth-order valence-corrected chi connectivity index (χ4v) is 8.62. The Morgan fingerprint density at radius 2 is 1.04 bits per heavy atom. The number of aromatic amines is 1. The fourth-order valence-electron chi connectivity index (χ4n) is 7.89. The van der Waals surface area contributed by atoms with Crippen LogP contribution >= 0.6 is 11.3 Å². The Balaban J connectivity index is 0.000000354. The number of para-hydroxylation sites is 1. The molecule has 0 spiro atoms. The Hall–Kier alpha value is -7.74. The lowest BCUT2D eigenvalue weighted by molar-refractivity contribution is 0.520. The minimum Gasteiger partial charge on any atom is -0.338 e. The van der Waals surface area contributed by atoms with Crippen LogP contribution in [0.15, 0.2) is 129 Å². The molecule has 0 aliphatic heterocycles. The van der Waals surface area contributed by atoms with E-state index in [9.17, 15) is 0 Å². The lowest BCUT2D eigenvalue weighted by Gasteiger charge is -2.17. The zero-order valence-corrected chi connectivity index (χ0v) is 62.9. The van der Waals surface area contributed by atoms with Gasteiger partial charge >= 0.3 is 0 Å². The number of hydrogen-bond acceptors (Lipinski definition) is 15. The molecule has 0 fully saturated rings. The van der Waals surface area contributed by atoms with Gasteiger partial charge in [-0.3, -0.25) is 29.1 Å². The van der Waals surface area contributed by atoms with Gasteiger partial charge in [0, 0.05) is 167 Å². The maximum atomic E-state index is 4.58. The van der Waals surface area contributed by atoms with Crippen molar-refractivity contribution < 1.29 is 0 Å². The summed E-state index contributed by atoms with van der Waals surface area (Å²) in [5.74, 6) is 2.03. The van der Waals surface area contributed by atoms with Gasteiger partial charge in [-0.05, 0) is 24.3 Å². The van der Waals surface area contributed by atoms with E-state index in [-0.39, 0.29) is 48.7 Å². The maximum absolute atomic E-state index is 4.58. The molecule has 0 radical (unpaired) electrons. The second-order valence-corrected chi connectivity index (χ2v) is 32.6. The van der Waals surface area contributed by atoms with E-state index in [1.807, 2.05) is 81.2 Å². The second-order valence-electron chi connectivity index (χ2n) is 31.7. The van der Waals surface area contributed by atoms with Crippen molar-refractivity contribution in [2.45, 2.75) is 236 Å². The molecular weight excluding hydrogens is 1160 g/mol. The second kappa shape index (κ2) is 34.2. The number of fused-ring (bicyclic) bond motifs is 1. The summed E-state index contributed by atoms with van der Waals surface area (Å²) in [6.45, 7) is 57.9. The summed E-state index contributed by atoms with van der Waals surface area (Å²) in [5.41, 5.74) is 9.20. The average Bonchev–Trinajstić information content (AvgIpc) is 1.64. The lowest BCUT2D eigenvalue weighted by atomic mass is 9.90. The molecule has 92 heavy (non-hydrogen) atoms. The third kappa shape index (κ3) is 29.3. The highest BCUT2D eigenvalue weighted by Crippen LogP contribution is 2.29. The van der Waals surface area contributed by atoms with E-state index in [0.29, 0.717) is 0 Å². The van der Waals surface area contributed by atoms with Crippen molar-refractivity contribution in [1.29, 1.82) is 0 Å². The first-order valence-electron chi connectivity index (χ1n) is 31.4. The van der Waals surface area contributed by atoms with Gasteiger partial charge in [0.2, 0.25) is 0 Å². The Labute approximate surface area is 557 Å². The number of nitrogens with zero attached hydrogens (tertiary/aromatic N) is 18. The Bertz CT molecular complexity index is 3340. The molecular formula is C72H115N19S. The Kier molecular flexibility index (Phi) is 29.9. The third-order valence-corrected chi connectivity index (χ3v) is 14.3. The van der Waals surface area contributed by atoms with Crippen molar-refractivity contribution in [1.82, 2.24) is 94.4 Å². The molecule has 9 aromatic heterocycles. The van der Waals surface area contributed by atoms with Crippen molar-refractivity contribution in [2.24, 2.45) is 28.2 Å². The first-order valence-corrected chi connectivity index (χ1v) is 32.3. The van der Waals surface area contributed by atoms with Gasteiger partial charge < -0.3 is 4.57 Å². The van der Waals surface area contributed by atoms with Crippen LogP contribution in [0.5, 0.6) is 0 Å². The monoisotopic (exact) mass is 1280 g/mol. The highest BCUT2D eigenvalue weighted by atomic mass is 32.1. The minimum atomic E-state index is 0.0707. The van der Waals surface area contributed by atoms with Crippen LogP contribution in [0.2, 0.25) is 0 Å². The van der Waals surface area contributed by atoms with Crippen molar-refractivity contribution in [3.8, 4) is 0 Å². The van der Waals surface area contributed by atoms with Crippen LogP contribution in [0.3, 0.4) is 0 Å². The van der Waals surface area contributed by atoms with E-state index in [1.165, 1.54) is 27.3 Å². The maximum Gasteiger partial charge on any atom is 0.133 e. The van der Waals surface area contributed by atoms with E-state index in [1.54, 1.807) is 76.6 Å². The van der Waals surface area contributed by atoms with Gasteiger partial charge in [0.1, 0.15) is 18.0 Å². The number of benzene rings is 1. The Morgan fingerprint density at radius 3 is 1.35 bits per heavy atom. The van der Waals surface area contributed by atoms with E-state index in [2.05, 4.69) is 292 Å². The molecule has 19 nitrogen and oxygen atoms in total. The van der Waals surface area contributed by atoms with Crippen molar-refractivity contribution in [3.63, 3.8) is 0 Å². The van der Waals surface area contributed by atoms with E-state index < -0.39 is 0 Å². The van der Waals surface area contributed by atoms with Crippen LogP contribution in [0, 0.1) is 0 Å². The third-order valence-electron chi connectivity index (χ3n) is 13.1. The molecule has 0 unspecified atom stereocenters. The largest absolute Gasteiger partial charge is 0.338 e. The summed E-state index contributed by atoms with van der Waals surface area (Å²) >= 11 is 1.72. The van der Waals surface area contributed by atoms with Gasteiger partial charge in [0.15, 0.2) is 0 Å². The number of aromatic nitrogens is 19. The van der Waals surface area contributed by atoms with Crippen molar-refractivity contribution >= 4 is 22.2 Å². The van der Waals surface area contributed by atoms with E-state index in [0.717, 1.165) is 34.4 Å².